The maximum atomic E-state index is 3.61. The smallest absolute Gasteiger partial charge is 0.0155 e. The summed E-state index contributed by atoms with van der Waals surface area (Å²) in [5.74, 6) is 4.88. The molecule has 4 rings (SSSR count). The zero-order chi connectivity index (χ0) is 13.1. The highest BCUT2D eigenvalue weighted by molar-refractivity contribution is 5.09. The van der Waals surface area contributed by atoms with E-state index in [4.69, 9.17) is 0 Å². The summed E-state index contributed by atoms with van der Waals surface area (Å²) in [6, 6.07) is 0. The molecule has 4 bridgehead atoms. The lowest BCUT2D eigenvalue weighted by Gasteiger charge is -2.64. The van der Waals surface area contributed by atoms with Crippen LogP contribution in [0.4, 0.5) is 0 Å². The molecule has 4 saturated carbocycles. The van der Waals surface area contributed by atoms with Crippen molar-refractivity contribution in [2.75, 3.05) is 7.05 Å². The van der Waals surface area contributed by atoms with E-state index in [1.165, 1.54) is 25.7 Å². The monoisotopic (exact) mass is 249 g/mol. The van der Waals surface area contributed by atoms with E-state index in [-0.39, 0.29) is 0 Å². The van der Waals surface area contributed by atoms with Gasteiger partial charge in [0.2, 0.25) is 0 Å². The minimum absolute atomic E-state index is 0.334. The Balaban J connectivity index is 1.89. The van der Waals surface area contributed by atoms with Crippen LogP contribution in [0.1, 0.15) is 59.8 Å². The van der Waals surface area contributed by atoms with Crippen molar-refractivity contribution in [3.05, 3.63) is 0 Å². The molecular weight excluding hydrogens is 218 g/mol. The third-order valence-electron chi connectivity index (χ3n) is 7.02. The van der Waals surface area contributed by atoms with Crippen LogP contribution in [0.25, 0.3) is 0 Å². The zero-order valence-corrected chi connectivity index (χ0v) is 12.9. The van der Waals surface area contributed by atoms with Gasteiger partial charge >= 0.3 is 0 Å². The van der Waals surface area contributed by atoms with Gasteiger partial charge in [0.25, 0.3) is 0 Å². The molecule has 0 saturated heterocycles. The summed E-state index contributed by atoms with van der Waals surface area (Å²) < 4.78 is 0. The van der Waals surface area contributed by atoms with Crippen LogP contribution in [-0.2, 0) is 0 Å². The van der Waals surface area contributed by atoms with E-state index >= 15 is 0 Å². The SMILES string of the molecule is CNC(C)(C)C1C2CC3CC1CC(C(C)C)(C3)C2. The summed E-state index contributed by atoms with van der Waals surface area (Å²) in [6.45, 7) is 9.82. The first-order valence-electron chi connectivity index (χ1n) is 8.07. The molecule has 4 aliphatic carbocycles. The van der Waals surface area contributed by atoms with Crippen molar-refractivity contribution in [1.82, 2.24) is 5.32 Å². The highest BCUT2D eigenvalue weighted by Gasteiger charge is 2.58. The van der Waals surface area contributed by atoms with Crippen molar-refractivity contribution in [3.8, 4) is 0 Å². The fraction of sp³-hybridized carbons (Fsp3) is 1.00. The molecule has 18 heavy (non-hydrogen) atoms. The van der Waals surface area contributed by atoms with Crippen LogP contribution >= 0.6 is 0 Å². The van der Waals surface area contributed by atoms with Gasteiger partial charge < -0.3 is 5.32 Å². The first-order chi connectivity index (χ1) is 8.38. The average Bonchev–Trinajstić information content (AvgIpc) is 2.27. The highest BCUT2D eigenvalue weighted by Crippen LogP contribution is 2.66. The molecule has 0 aromatic carbocycles. The summed E-state index contributed by atoms with van der Waals surface area (Å²) in [4.78, 5) is 0. The minimum atomic E-state index is 0.334. The molecule has 0 aromatic heterocycles. The lowest BCUT2D eigenvalue weighted by atomic mass is 9.42. The van der Waals surface area contributed by atoms with Gasteiger partial charge in [0.15, 0.2) is 0 Å². The Hall–Kier alpha value is -0.0400. The van der Waals surface area contributed by atoms with Crippen molar-refractivity contribution >= 4 is 0 Å². The molecule has 1 nitrogen and oxygen atoms in total. The maximum Gasteiger partial charge on any atom is 0.0155 e. The Morgan fingerprint density at radius 3 is 2.06 bits per heavy atom. The number of rotatable bonds is 3. The summed E-state index contributed by atoms with van der Waals surface area (Å²) in [5, 5.41) is 3.61. The standard InChI is InChI=1S/C17H31N/c1-11(2)17-8-12-6-13(9-17)15(14(7-12)10-17)16(3,4)18-5/h11-15,18H,6-10H2,1-5H3. The van der Waals surface area contributed by atoms with Crippen LogP contribution < -0.4 is 5.32 Å². The molecule has 0 aromatic rings. The van der Waals surface area contributed by atoms with Gasteiger partial charge in [0.1, 0.15) is 0 Å². The fourth-order valence-corrected chi connectivity index (χ4v) is 6.14. The summed E-state index contributed by atoms with van der Waals surface area (Å²) >= 11 is 0. The zero-order valence-electron chi connectivity index (χ0n) is 12.9. The van der Waals surface area contributed by atoms with Gasteiger partial charge in [-0.2, -0.15) is 0 Å². The van der Waals surface area contributed by atoms with Crippen molar-refractivity contribution in [2.24, 2.45) is 35.0 Å². The van der Waals surface area contributed by atoms with Gasteiger partial charge in [-0.3, -0.25) is 0 Å². The second kappa shape index (κ2) is 3.98. The topological polar surface area (TPSA) is 12.0 Å². The van der Waals surface area contributed by atoms with E-state index in [1.54, 1.807) is 6.42 Å². The van der Waals surface area contributed by atoms with Gasteiger partial charge in [-0.25, -0.2) is 0 Å². The van der Waals surface area contributed by atoms with E-state index in [0.29, 0.717) is 5.54 Å². The normalized spacial score (nSPS) is 47.0. The molecule has 2 unspecified atom stereocenters. The second-order valence-electron chi connectivity index (χ2n) is 8.48. The predicted molar refractivity (Wildman–Crippen MR) is 77.5 cm³/mol. The van der Waals surface area contributed by atoms with Gasteiger partial charge in [0, 0.05) is 5.54 Å². The van der Waals surface area contributed by atoms with Gasteiger partial charge in [-0.15, -0.1) is 0 Å². The molecular formula is C17H31N. The highest BCUT2D eigenvalue weighted by atomic mass is 14.9. The van der Waals surface area contributed by atoms with Crippen LogP contribution in [-0.4, -0.2) is 12.6 Å². The fourth-order valence-electron chi connectivity index (χ4n) is 6.14. The molecule has 0 spiro atoms. The van der Waals surface area contributed by atoms with Crippen LogP contribution in [0.5, 0.6) is 0 Å². The third-order valence-corrected chi connectivity index (χ3v) is 7.02. The molecule has 0 aliphatic heterocycles. The Morgan fingerprint density at radius 2 is 1.61 bits per heavy atom. The van der Waals surface area contributed by atoms with Gasteiger partial charge in [-0.05, 0) is 88.0 Å². The van der Waals surface area contributed by atoms with Gasteiger partial charge in [0.05, 0.1) is 0 Å². The molecule has 0 amide bonds. The van der Waals surface area contributed by atoms with E-state index in [9.17, 15) is 0 Å². The molecule has 1 heteroatoms. The predicted octanol–water partition coefficient (Wildman–Crippen LogP) is 4.08. The number of nitrogens with one attached hydrogen (secondary N) is 1. The van der Waals surface area contributed by atoms with Crippen molar-refractivity contribution in [1.29, 1.82) is 0 Å². The quantitative estimate of drug-likeness (QED) is 0.794. The molecule has 4 fully saturated rings. The maximum absolute atomic E-state index is 3.61. The molecule has 0 heterocycles. The van der Waals surface area contributed by atoms with E-state index < -0.39 is 0 Å². The van der Waals surface area contributed by atoms with Gasteiger partial charge in [-0.1, -0.05) is 13.8 Å². The lowest BCUT2D eigenvalue weighted by molar-refractivity contribution is -0.136. The van der Waals surface area contributed by atoms with Crippen molar-refractivity contribution in [3.63, 3.8) is 0 Å². The molecule has 1 N–H and O–H groups in total. The summed E-state index contributed by atoms with van der Waals surface area (Å²) in [5.41, 5.74) is 1.05. The molecule has 0 radical (unpaired) electrons. The lowest BCUT2D eigenvalue weighted by Crippen LogP contribution is -2.60. The second-order valence-corrected chi connectivity index (χ2v) is 8.48. The van der Waals surface area contributed by atoms with Crippen LogP contribution in [0, 0.1) is 35.0 Å². The Labute approximate surface area is 113 Å². The molecule has 2 atom stereocenters. The van der Waals surface area contributed by atoms with Crippen LogP contribution in [0.2, 0.25) is 0 Å². The Bertz CT molecular complexity index is 315. The number of hydrogen-bond donors (Lipinski definition) is 1. The summed E-state index contributed by atoms with van der Waals surface area (Å²) in [6.07, 6.45) is 7.65. The van der Waals surface area contributed by atoms with Crippen molar-refractivity contribution in [2.45, 2.75) is 65.3 Å². The first kappa shape index (κ1) is 13.0. The Kier molecular flexibility index (Phi) is 2.86. The largest absolute Gasteiger partial charge is 0.315 e. The van der Waals surface area contributed by atoms with E-state index in [2.05, 4.69) is 40.1 Å². The van der Waals surface area contributed by atoms with E-state index in [0.717, 1.165) is 35.0 Å². The van der Waals surface area contributed by atoms with E-state index in [1.807, 2.05) is 0 Å². The van der Waals surface area contributed by atoms with Crippen LogP contribution in [0.15, 0.2) is 0 Å². The molecule has 4 aliphatic rings. The van der Waals surface area contributed by atoms with Crippen molar-refractivity contribution < 1.29 is 0 Å². The van der Waals surface area contributed by atoms with Crippen LogP contribution in [0.3, 0.4) is 0 Å². The molecule has 104 valence electrons. The summed E-state index contributed by atoms with van der Waals surface area (Å²) in [7, 11) is 2.16. The Morgan fingerprint density at radius 1 is 1.06 bits per heavy atom. The minimum Gasteiger partial charge on any atom is -0.315 e. The number of hydrogen-bond acceptors (Lipinski definition) is 1. The third kappa shape index (κ3) is 1.69. The first-order valence-corrected chi connectivity index (χ1v) is 8.07. The average molecular weight is 249 g/mol.